The number of ether oxygens (including phenoxy) is 1. The Labute approximate surface area is 73.9 Å². The molecule has 2 unspecified atom stereocenters. The topological polar surface area (TPSA) is 12.5 Å². The molecule has 0 radical (unpaired) electrons. The Morgan fingerprint density at radius 1 is 1.25 bits per heavy atom. The fourth-order valence-corrected chi connectivity index (χ4v) is 2.97. The number of rotatable bonds is 2. The summed E-state index contributed by atoms with van der Waals surface area (Å²) in [5, 5.41) is 0. The Morgan fingerprint density at radius 3 is 2.67 bits per heavy atom. The van der Waals surface area contributed by atoms with E-state index in [2.05, 4.69) is 4.90 Å². The van der Waals surface area contributed by atoms with Gasteiger partial charge in [-0.05, 0) is 25.2 Å². The van der Waals surface area contributed by atoms with E-state index in [4.69, 9.17) is 4.74 Å². The first kappa shape index (κ1) is 7.34. The summed E-state index contributed by atoms with van der Waals surface area (Å²) < 4.78 is 5.20. The molecule has 2 saturated heterocycles. The molecule has 0 N–H and O–H groups in total. The molecule has 0 aromatic carbocycles. The second-order valence-electron chi connectivity index (χ2n) is 4.69. The molecular weight excluding hydrogens is 150 g/mol. The summed E-state index contributed by atoms with van der Waals surface area (Å²) in [6.45, 7) is 4.75. The number of hydrogen-bond acceptors (Lipinski definition) is 2. The van der Waals surface area contributed by atoms with E-state index in [1.807, 2.05) is 0 Å². The van der Waals surface area contributed by atoms with Crippen LogP contribution in [0.2, 0.25) is 0 Å². The second-order valence-corrected chi connectivity index (χ2v) is 4.69. The van der Waals surface area contributed by atoms with E-state index in [9.17, 15) is 0 Å². The van der Waals surface area contributed by atoms with Crippen LogP contribution in [-0.4, -0.2) is 37.2 Å². The molecule has 0 spiro atoms. The molecule has 3 rings (SSSR count). The molecule has 0 amide bonds. The van der Waals surface area contributed by atoms with Crippen LogP contribution < -0.4 is 0 Å². The standard InChI is InChI=1S/C10H17NO/c1-2-10-3-8(1)4-11(10)5-9-6-12-7-9/h8-10H,1-7H2. The Morgan fingerprint density at radius 2 is 2.17 bits per heavy atom. The van der Waals surface area contributed by atoms with Gasteiger partial charge in [0.2, 0.25) is 0 Å². The fourth-order valence-electron chi connectivity index (χ4n) is 2.97. The molecule has 2 aliphatic heterocycles. The van der Waals surface area contributed by atoms with Crippen LogP contribution in [0.1, 0.15) is 19.3 Å². The zero-order valence-corrected chi connectivity index (χ0v) is 7.54. The van der Waals surface area contributed by atoms with E-state index in [0.717, 1.165) is 31.1 Å². The zero-order chi connectivity index (χ0) is 7.97. The molecule has 1 saturated carbocycles. The van der Waals surface area contributed by atoms with E-state index >= 15 is 0 Å². The molecule has 0 aromatic rings. The van der Waals surface area contributed by atoms with Crippen LogP contribution in [0.3, 0.4) is 0 Å². The summed E-state index contributed by atoms with van der Waals surface area (Å²) in [5.41, 5.74) is 0. The Bertz CT molecular complexity index is 179. The summed E-state index contributed by atoms with van der Waals surface area (Å²) >= 11 is 0. The highest BCUT2D eigenvalue weighted by atomic mass is 16.5. The minimum atomic E-state index is 0.865. The zero-order valence-electron chi connectivity index (χ0n) is 7.54. The third kappa shape index (κ3) is 1.09. The monoisotopic (exact) mass is 167 g/mol. The largest absolute Gasteiger partial charge is 0.381 e. The van der Waals surface area contributed by atoms with Gasteiger partial charge in [-0.25, -0.2) is 0 Å². The van der Waals surface area contributed by atoms with Gasteiger partial charge in [0.15, 0.2) is 0 Å². The van der Waals surface area contributed by atoms with Gasteiger partial charge in [0, 0.05) is 25.0 Å². The summed E-state index contributed by atoms with van der Waals surface area (Å²) in [4.78, 5) is 2.71. The molecule has 3 fully saturated rings. The van der Waals surface area contributed by atoms with Crippen molar-refractivity contribution in [3.63, 3.8) is 0 Å². The average molecular weight is 167 g/mol. The van der Waals surface area contributed by atoms with Crippen molar-refractivity contribution in [2.75, 3.05) is 26.3 Å². The van der Waals surface area contributed by atoms with E-state index in [-0.39, 0.29) is 0 Å². The lowest BCUT2D eigenvalue weighted by atomic mass is 10.1. The van der Waals surface area contributed by atoms with Crippen LogP contribution in [0.4, 0.5) is 0 Å². The van der Waals surface area contributed by atoms with Crippen molar-refractivity contribution >= 4 is 0 Å². The highest BCUT2D eigenvalue weighted by molar-refractivity contribution is 4.93. The minimum Gasteiger partial charge on any atom is -0.381 e. The minimum absolute atomic E-state index is 0.865. The first-order valence-electron chi connectivity index (χ1n) is 5.23. The lowest BCUT2D eigenvalue weighted by molar-refractivity contribution is -0.0497. The van der Waals surface area contributed by atoms with Gasteiger partial charge in [-0.2, -0.15) is 0 Å². The Kier molecular flexibility index (Phi) is 1.66. The van der Waals surface area contributed by atoms with E-state index in [1.165, 1.54) is 32.4 Å². The van der Waals surface area contributed by atoms with Crippen molar-refractivity contribution in [1.82, 2.24) is 4.90 Å². The van der Waals surface area contributed by atoms with Crippen LogP contribution in [0.15, 0.2) is 0 Å². The molecule has 2 bridgehead atoms. The Hall–Kier alpha value is -0.0800. The maximum absolute atomic E-state index is 5.20. The summed E-state index contributed by atoms with van der Waals surface area (Å²) in [5.74, 6) is 1.92. The number of likely N-dealkylation sites (tertiary alicyclic amines) is 1. The summed E-state index contributed by atoms with van der Waals surface area (Å²) in [7, 11) is 0. The van der Waals surface area contributed by atoms with Crippen molar-refractivity contribution in [1.29, 1.82) is 0 Å². The molecule has 2 heteroatoms. The molecule has 2 nitrogen and oxygen atoms in total. The lowest BCUT2D eigenvalue weighted by Crippen LogP contribution is -2.42. The van der Waals surface area contributed by atoms with Gasteiger partial charge in [-0.1, -0.05) is 0 Å². The number of hydrogen-bond donors (Lipinski definition) is 0. The lowest BCUT2D eigenvalue weighted by Gasteiger charge is -2.34. The van der Waals surface area contributed by atoms with Gasteiger partial charge in [-0.15, -0.1) is 0 Å². The third-order valence-corrected chi connectivity index (χ3v) is 3.72. The van der Waals surface area contributed by atoms with Crippen molar-refractivity contribution in [3.05, 3.63) is 0 Å². The van der Waals surface area contributed by atoms with E-state index < -0.39 is 0 Å². The predicted octanol–water partition coefficient (Wildman–Crippen LogP) is 1.12. The van der Waals surface area contributed by atoms with E-state index in [0.29, 0.717) is 0 Å². The maximum Gasteiger partial charge on any atom is 0.0528 e. The predicted molar refractivity (Wildman–Crippen MR) is 47.0 cm³/mol. The van der Waals surface area contributed by atoms with Crippen LogP contribution in [0, 0.1) is 11.8 Å². The molecule has 68 valence electrons. The highest BCUT2D eigenvalue weighted by Crippen LogP contribution is 2.37. The van der Waals surface area contributed by atoms with Gasteiger partial charge in [0.05, 0.1) is 13.2 Å². The van der Waals surface area contributed by atoms with Gasteiger partial charge in [0.1, 0.15) is 0 Å². The highest BCUT2D eigenvalue weighted by Gasteiger charge is 2.39. The van der Waals surface area contributed by atoms with Crippen molar-refractivity contribution in [2.24, 2.45) is 11.8 Å². The van der Waals surface area contributed by atoms with Crippen LogP contribution >= 0.6 is 0 Å². The van der Waals surface area contributed by atoms with Crippen LogP contribution in [-0.2, 0) is 4.74 Å². The second kappa shape index (κ2) is 2.71. The number of nitrogens with zero attached hydrogens (tertiary/aromatic N) is 1. The van der Waals surface area contributed by atoms with Gasteiger partial charge in [-0.3, -0.25) is 4.90 Å². The van der Waals surface area contributed by atoms with E-state index in [1.54, 1.807) is 0 Å². The normalized spacial score (nSPS) is 42.0. The van der Waals surface area contributed by atoms with Gasteiger partial charge >= 0.3 is 0 Å². The summed E-state index contributed by atoms with van der Waals surface area (Å²) in [6.07, 6.45) is 4.47. The van der Waals surface area contributed by atoms with Crippen molar-refractivity contribution < 1.29 is 4.74 Å². The van der Waals surface area contributed by atoms with Crippen LogP contribution in [0.5, 0.6) is 0 Å². The van der Waals surface area contributed by atoms with Crippen molar-refractivity contribution in [2.45, 2.75) is 25.3 Å². The third-order valence-electron chi connectivity index (χ3n) is 3.72. The molecule has 0 aromatic heterocycles. The molecule has 1 aliphatic carbocycles. The van der Waals surface area contributed by atoms with Crippen molar-refractivity contribution in [3.8, 4) is 0 Å². The average Bonchev–Trinajstić information content (AvgIpc) is 2.56. The molecule has 2 atom stereocenters. The molecule has 3 aliphatic rings. The SMILES string of the molecule is C1CC2CC1CN2CC1COC1. The summed E-state index contributed by atoms with van der Waals surface area (Å²) in [6, 6.07) is 0.954. The molecule has 2 heterocycles. The quantitative estimate of drug-likeness (QED) is 0.611. The molecule has 12 heavy (non-hydrogen) atoms. The molecular formula is C10H17NO. The smallest absolute Gasteiger partial charge is 0.0528 e. The van der Waals surface area contributed by atoms with Crippen LogP contribution in [0.25, 0.3) is 0 Å². The Balaban J connectivity index is 1.56. The van der Waals surface area contributed by atoms with Gasteiger partial charge in [0.25, 0.3) is 0 Å². The first-order chi connectivity index (χ1) is 5.92. The fraction of sp³-hybridized carbons (Fsp3) is 1.00. The number of piperidine rings is 1. The number of fused-ring (bicyclic) bond motifs is 2. The maximum atomic E-state index is 5.20. The first-order valence-corrected chi connectivity index (χ1v) is 5.23. The van der Waals surface area contributed by atoms with Gasteiger partial charge < -0.3 is 4.74 Å².